The second-order valence-electron chi connectivity index (χ2n) is 11.4. The quantitative estimate of drug-likeness (QED) is 0.387. The lowest BCUT2D eigenvalue weighted by molar-refractivity contribution is -0.123. The van der Waals surface area contributed by atoms with Gasteiger partial charge in [-0.2, -0.15) is 5.10 Å². The smallest absolute Gasteiger partial charge is 0.280 e. The van der Waals surface area contributed by atoms with E-state index in [1.807, 2.05) is 0 Å². The molecule has 10 heteroatoms. The van der Waals surface area contributed by atoms with Crippen molar-refractivity contribution in [3.63, 3.8) is 0 Å². The molecule has 214 valence electrons. The molecule has 0 radical (unpaired) electrons. The van der Waals surface area contributed by atoms with Gasteiger partial charge in [0.2, 0.25) is 11.8 Å². The summed E-state index contributed by atoms with van der Waals surface area (Å²) in [7, 11) is 0. The number of carbonyl (C=O) groups is 1. The van der Waals surface area contributed by atoms with Crippen LogP contribution in [0.4, 0.5) is 14.5 Å². The van der Waals surface area contributed by atoms with Gasteiger partial charge in [-0.3, -0.25) is 9.78 Å². The Labute approximate surface area is 238 Å². The molecule has 0 spiro atoms. The first-order valence-electron chi connectivity index (χ1n) is 14.0. The number of halogens is 2. The third kappa shape index (κ3) is 5.73. The Morgan fingerprint density at radius 2 is 1.73 bits per heavy atom. The van der Waals surface area contributed by atoms with E-state index in [1.165, 1.54) is 18.0 Å². The highest BCUT2D eigenvalue weighted by atomic mass is 19.3. The van der Waals surface area contributed by atoms with Crippen molar-refractivity contribution in [3.8, 4) is 5.88 Å². The molecule has 3 aliphatic rings. The second-order valence-corrected chi connectivity index (χ2v) is 11.4. The van der Waals surface area contributed by atoms with E-state index in [-0.39, 0.29) is 24.1 Å². The van der Waals surface area contributed by atoms with E-state index in [9.17, 15) is 13.6 Å². The number of rotatable bonds is 10. The zero-order chi connectivity index (χ0) is 28.6. The predicted molar refractivity (Wildman–Crippen MR) is 150 cm³/mol. The molecule has 1 saturated carbocycles. The number of allylic oxidation sites excluding steroid dienone is 1. The predicted octanol–water partition coefficient (Wildman–Crippen LogP) is 4.64. The van der Waals surface area contributed by atoms with Crippen molar-refractivity contribution in [2.45, 2.75) is 44.8 Å². The summed E-state index contributed by atoms with van der Waals surface area (Å²) in [5.74, 6) is 1.62. The van der Waals surface area contributed by atoms with Crippen molar-refractivity contribution in [2.24, 2.45) is 11.8 Å². The molecule has 2 saturated heterocycles. The lowest BCUT2D eigenvalue weighted by Gasteiger charge is -2.24. The SMILES string of the molecule is C=C(C)N1C[C@@H]2CN(c3ccc(CNC(=O)C4(c5ccc(OCc6ccc(C(F)F)nc6)nn5)CC4)cc3)C[C@@H]2C1. The third-order valence-electron chi connectivity index (χ3n) is 8.55. The first-order chi connectivity index (χ1) is 19.8. The minimum Gasteiger partial charge on any atom is -0.472 e. The molecule has 0 bridgehead atoms. The molecule has 6 rings (SSSR count). The molecule has 4 heterocycles. The maximum atomic E-state index is 13.1. The minimum atomic E-state index is -2.61. The maximum Gasteiger partial charge on any atom is 0.280 e. The van der Waals surface area contributed by atoms with Gasteiger partial charge in [-0.1, -0.05) is 24.8 Å². The van der Waals surface area contributed by atoms with Crippen LogP contribution < -0.4 is 15.0 Å². The summed E-state index contributed by atoms with van der Waals surface area (Å²) in [6.45, 7) is 11.1. The first-order valence-corrected chi connectivity index (χ1v) is 14.0. The Bertz CT molecular complexity index is 1380. The van der Waals surface area contributed by atoms with Gasteiger partial charge in [0.15, 0.2) is 0 Å². The minimum absolute atomic E-state index is 0.0517. The fourth-order valence-electron chi connectivity index (χ4n) is 5.88. The van der Waals surface area contributed by atoms with Gasteiger partial charge in [0, 0.05) is 73.8 Å². The van der Waals surface area contributed by atoms with Crippen LogP contribution in [0.15, 0.2) is 67.0 Å². The van der Waals surface area contributed by atoms with Crippen LogP contribution in [-0.2, 0) is 23.4 Å². The Kier molecular flexibility index (Phi) is 7.32. The Morgan fingerprint density at radius 1 is 1.02 bits per heavy atom. The highest BCUT2D eigenvalue weighted by Crippen LogP contribution is 2.47. The van der Waals surface area contributed by atoms with E-state index in [0.29, 0.717) is 29.6 Å². The zero-order valence-electron chi connectivity index (χ0n) is 23.1. The Hall–Kier alpha value is -4.08. The van der Waals surface area contributed by atoms with Crippen LogP contribution in [-0.4, -0.2) is 52.2 Å². The van der Waals surface area contributed by atoms with Gasteiger partial charge in [0.05, 0.1) is 11.1 Å². The summed E-state index contributed by atoms with van der Waals surface area (Å²) in [6.07, 6.45) is 0.184. The van der Waals surface area contributed by atoms with Crippen LogP contribution in [0.25, 0.3) is 0 Å². The van der Waals surface area contributed by atoms with Crippen molar-refractivity contribution in [3.05, 3.63) is 89.5 Å². The fourth-order valence-corrected chi connectivity index (χ4v) is 5.88. The van der Waals surface area contributed by atoms with Gasteiger partial charge >= 0.3 is 0 Å². The van der Waals surface area contributed by atoms with Gasteiger partial charge in [0.25, 0.3) is 6.43 Å². The number of amides is 1. The maximum absolute atomic E-state index is 13.1. The number of anilines is 1. The number of likely N-dealkylation sites (tertiary alicyclic amines) is 1. The van der Waals surface area contributed by atoms with Gasteiger partial charge in [0.1, 0.15) is 12.3 Å². The van der Waals surface area contributed by atoms with E-state index < -0.39 is 11.8 Å². The van der Waals surface area contributed by atoms with Crippen molar-refractivity contribution in [2.75, 3.05) is 31.1 Å². The highest BCUT2D eigenvalue weighted by molar-refractivity contribution is 5.90. The second kappa shape index (κ2) is 11.1. The number of hydrogen-bond donors (Lipinski definition) is 1. The molecular weight excluding hydrogens is 526 g/mol. The summed E-state index contributed by atoms with van der Waals surface area (Å²) in [6, 6.07) is 14.7. The molecule has 1 aliphatic carbocycles. The van der Waals surface area contributed by atoms with Crippen molar-refractivity contribution >= 4 is 11.6 Å². The highest BCUT2D eigenvalue weighted by Gasteiger charge is 2.52. The number of carbonyl (C=O) groups excluding carboxylic acids is 1. The number of alkyl halides is 2. The number of hydrogen-bond acceptors (Lipinski definition) is 7. The molecule has 2 aliphatic heterocycles. The molecule has 8 nitrogen and oxygen atoms in total. The van der Waals surface area contributed by atoms with E-state index in [0.717, 1.165) is 50.3 Å². The molecule has 3 fully saturated rings. The van der Waals surface area contributed by atoms with E-state index in [4.69, 9.17) is 4.74 Å². The van der Waals surface area contributed by atoms with Crippen LogP contribution in [0.5, 0.6) is 5.88 Å². The number of fused-ring (bicyclic) bond motifs is 1. The van der Waals surface area contributed by atoms with Gasteiger partial charge in [-0.05, 0) is 49.6 Å². The van der Waals surface area contributed by atoms with Crippen LogP contribution in [0.2, 0.25) is 0 Å². The molecule has 2 atom stereocenters. The van der Waals surface area contributed by atoms with Crippen molar-refractivity contribution < 1.29 is 18.3 Å². The molecule has 1 aromatic carbocycles. The van der Waals surface area contributed by atoms with Crippen LogP contribution >= 0.6 is 0 Å². The number of ether oxygens (including phenoxy) is 1. The average Bonchev–Trinajstić information content (AvgIpc) is 3.55. The Balaban J connectivity index is 0.988. The number of aromatic nitrogens is 3. The van der Waals surface area contributed by atoms with Crippen molar-refractivity contribution in [1.29, 1.82) is 0 Å². The van der Waals surface area contributed by atoms with Gasteiger partial charge < -0.3 is 19.9 Å². The molecule has 41 heavy (non-hydrogen) atoms. The molecule has 1 N–H and O–H groups in total. The summed E-state index contributed by atoms with van der Waals surface area (Å²) in [4.78, 5) is 21.7. The summed E-state index contributed by atoms with van der Waals surface area (Å²) in [5.41, 5.74) is 3.77. The number of pyridine rings is 1. The third-order valence-corrected chi connectivity index (χ3v) is 8.55. The number of nitrogens with zero attached hydrogens (tertiary/aromatic N) is 5. The van der Waals surface area contributed by atoms with Gasteiger partial charge in [-0.15, -0.1) is 5.10 Å². The number of nitrogens with one attached hydrogen (secondary N) is 1. The Morgan fingerprint density at radius 3 is 2.29 bits per heavy atom. The van der Waals surface area contributed by atoms with Gasteiger partial charge in [-0.25, -0.2) is 8.78 Å². The van der Waals surface area contributed by atoms with E-state index in [2.05, 4.69) is 68.1 Å². The van der Waals surface area contributed by atoms with Crippen LogP contribution in [0.1, 0.15) is 48.7 Å². The lowest BCUT2D eigenvalue weighted by Crippen LogP contribution is -2.35. The monoisotopic (exact) mass is 560 g/mol. The molecular formula is C31H34F2N6O2. The zero-order valence-corrected chi connectivity index (χ0v) is 23.1. The molecule has 0 unspecified atom stereocenters. The standard InChI is InChI=1S/C31H34F2N6O2/c1-20(2)38-15-23-17-39(18-24(23)16-38)25-6-3-21(4-7-25)13-35-30(40)31(11-12-31)27-9-10-28(37-36-27)41-19-22-5-8-26(29(32)33)34-14-22/h3-10,14,23-24,29H,1,11-13,15-19H2,2H3,(H,35,40)/t23-,24+. The fraction of sp³-hybridized carbons (Fsp3) is 0.419. The summed E-state index contributed by atoms with van der Waals surface area (Å²) < 4.78 is 30.9. The molecule has 2 aromatic heterocycles. The summed E-state index contributed by atoms with van der Waals surface area (Å²) >= 11 is 0. The average molecular weight is 561 g/mol. The van der Waals surface area contributed by atoms with E-state index in [1.54, 1.807) is 18.2 Å². The lowest BCUT2D eigenvalue weighted by atomic mass is 10.0. The normalized spacial score (nSPS) is 20.7. The van der Waals surface area contributed by atoms with Crippen LogP contribution in [0.3, 0.4) is 0 Å². The molecule has 1 amide bonds. The van der Waals surface area contributed by atoms with Crippen LogP contribution in [0, 0.1) is 11.8 Å². The number of benzene rings is 1. The van der Waals surface area contributed by atoms with E-state index >= 15 is 0 Å². The van der Waals surface area contributed by atoms with Crippen molar-refractivity contribution in [1.82, 2.24) is 25.4 Å². The topological polar surface area (TPSA) is 83.5 Å². The first kappa shape index (κ1) is 27.1. The summed E-state index contributed by atoms with van der Waals surface area (Å²) in [5, 5.41) is 11.5. The largest absolute Gasteiger partial charge is 0.472 e. The molecule has 3 aromatic rings.